The van der Waals surface area contributed by atoms with E-state index in [0.29, 0.717) is 22.8 Å². The Kier molecular flexibility index (Phi) is 3.87. The number of ether oxygens (including phenoxy) is 2. The fourth-order valence-electron chi connectivity index (χ4n) is 1.77. The Morgan fingerprint density at radius 3 is 2.26 bits per heavy atom. The van der Waals surface area contributed by atoms with Crippen molar-refractivity contribution >= 4 is 0 Å². The number of hydrogen-bond acceptors (Lipinski definition) is 5. The van der Waals surface area contributed by atoms with E-state index >= 15 is 0 Å². The Morgan fingerprint density at radius 2 is 1.74 bits per heavy atom. The van der Waals surface area contributed by atoms with Crippen molar-refractivity contribution in [3.8, 4) is 28.5 Å². The highest BCUT2D eigenvalue weighted by Gasteiger charge is 2.08. The maximum atomic E-state index is 9.59. The molecule has 100 valence electrons. The van der Waals surface area contributed by atoms with E-state index < -0.39 is 0 Å². The molecule has 0 fully saturated rings. The van der Waals surface area contributed by atoms with Gasteiger partial charge in [0, 0.05) is 23.7 Å². The standard InChI is InChI=1S/C14H16N2O3/c1-18-11-3-9(4-12(6-11)19-2)13-5-10(7-15)14(17)8-16-13/h3-6,8,17H,7,15H2,1-2H3. The Morgan fingerprint density at radius 1 is 1.11 bits per heavy atom. The molecule has 0 unspecified atom stereocenters. The molecule has 2 aromatic rings. The largest absolute Gasteiger partial charge is 0.506 e. The molecule has 5 heteroatoms. The first-order chi connectivity index (χ1) is 9.17. The van der Waals surface area contributed by atoms with E-state index in [1.54, 1.807) is 26.4 Å². The van der Waals surface area contributed by atoms with Crippen LogP contribution in [0.15, 0.2) is 30.5 Å². The zero-order valence-corrected chi connectivity index (χ0v) is 10.9. The molecular formula is C14H16N2O3. The van der Waals surface area contributed by atoms with Gasteiger partial charge in [-0.1, -0.05) is 0 Å². The molecule has 0 spiro atoms. The number of nitrogens with zero attached hydrogens (tertiary/aromatic N) is 1. The topological polar surface area (TPSA) is 77.6 Å². The molecule has 0 radical (unpaired) electrons. The first-order valence-electron chi connectivity index (χ1n) is 5.79. The van der Waals surface area contributed by atoms with Crippen LogP contribution in [0.4, 0.5) is 0 Å². The SMILES string of the molecule is COc1cc(OC)cc(-c2cc(CN)c(O)cn2)c1. The second kappa shape index (κ2) is 5.58. The van der Waals surface area contributed by atoms with E-state index in [0.717, 1.165) is 5.56 Å². The maximum Gasteiger partial charge on any atom is 0.138 e. The van der Waals surface area contributed by atoms with Crippen LogP contribution in [0.3, 0.4) is 0 Å². The number of pyridine rings is 1. The molecule has 1 aromatic heterocycles. The van der Waals surface area contributed by atoms with Gasteiger partial charge in [0.05, 0.1) is 26.1 Å². The van der Waals surface area contributed by atoms with Gasteiger partial charge < -0.3 is 20.3 Å². The summed E-state index contributed by atoms with van der Waals surface area (Å²) in [4.78, 5) is 4.19. The summed E-state index contributed by atoms with van der Waals surface area (Å²) < 4.78 is 10.4. The predicted molar refractivity (Wildman–Crippen MR) is 72.3 cm³/mol. The van der Waals surface area contributed by atoms with Crippen LogP contribution in [0, 0.1) is 0 Å². The number of methoxy groups -OCH3 is 2. The number of nitrogens with two attached hydrogens (primary N) is 1. The van der Waals surface area contributed by atoms with Crippen molar-refractivity contribution in [2.75, 3.05) is 14.2 Å². The fraction of sp³-hybridized carbons (Fsp3) is 0.214. The molecule has 5 nitrogen and oxygen atoms in total. The minimum Gasteiger partial charge on any atom is -0.506 e. The van der Waals surface area contributed by atoms with Gasteiger partial charge in [0.25, 0.3) is 0 Å². The number of rotatable bonds is 4. The third kappa shape index (κ3) is 2.77. The van der Waals surface area contributed by atoms with Crippen molar-refractivity contribution in [1.82, 2.24) is 4.98 Å². The van der Waals surface area contributed by atoms with Crippen LogP contribution in [-0.4, -0.2) is 24.3 Å². The molecule has 0 saturated carbocycles. The third-order valence-electron chi connectivity index (χ3n) is 2.83. The Balaban J connectivity index is 2.51. The van der Waals surface area contributed by atoms with Crippen molar-refractivity contribution in [2.45, 2.75) is 6.54 Å². The van der Waals surface area contributed by atoms with Gasteiger partial charge in [-0.05, 0) is 18.2 Å². The third-order valence-corrected chi connectivity index (χ3v) is 2.83. The highest BCUT2D eigenvalue weighted by molar-refractivity contribution is 5.65. The average molecular weight is 260 g/mol. The van der Waals surface area contributed by atoms with Crippen LogP contribution in [0.2, 0.25) is 0 Å². The highest BCUT2D eigenvalue weighted by Crippen LogP contribution is 2.30. The Bertz CT molecular complexity index is 563. The van der Waals surface area contributed by atoms with E-state index in [1.807, 2.05) is 12.1 Å². The van der Waals surface area contributed by atoms with Gasteiger partial charge in [0.15, 0.2) is 0 Å². The molecule has 0 atom stereocenters. The van der Waals surface area contributed by atoms with E-state index in [9.17, 15) is 5.11 Å². The van der Waals surface area contributed by atoms with Crippen molar-refractivity contribution in [1.29, 1.82) is 0 Å². The molecule has 1 aromatic carbocycles. The van der Waals surface area contributed by atoms with Gasteiger partial charge >= 0.3 is 0 Å². The number of aromatic hydroxyl groups is 1. The Hall–Kier alpha value is -2.27. The molecule has 0 saturated heterocycles. The maximum absolute atomic E-state index is 9.59. The lowest BCUT2D eigenvalue weighted by molar-refractivity contribution is 0.394. The smallest absolute Gasteiger partial charge is 0.138 e. The molecule has 2 rings (SSSR count). The molecule has 1 heterocycles. The summed E-state index contributed by atoms with van der Waals surface area (Å²) in [5.74, 6) is 1.46. The van der Waals surface area contributed by atoms with E-state index in [-0.39, 0.29) is 12.3 Å². The molecule has 0 aliphatic rings. The average Bonchev–Trinajstić information content (AvgIpc) is 2.47. The molecule has 0 aliphatic carbocycles. The summed E-state index contributed by atoms with van der Waals surface area (Å²) in [5.41, 5.74) is 7.76. The number of hydrogen-bond donors (Lipinski definition) is 2. The van der Waals surface area contributed by atoms with E-state index in [4.69, 9.17) is 15.2 Å². The van der Waals surface area contributed by atoms with Crippen molar-refractivity contribution in [3.63, 3.8) is 0 Å². The van der Waals surface area contributed by atoms with E-state index in [2.05, 4.69) is 4.98 Å². The van der Waals surface area contributed by atoms with Gasteiger partial charge in [-0.15, -0.1) is 0 Å². The van der Waals surface area contributed by atoms with Crippen molar-refractivity contribution in [2.24, 2.45) is 5.73 Å². The Labute approximate surface area is 111 Å². The predicted octanol–water partition coefficient (Wildman–Crippen LogP) is 1.93. The number of benzene rings is 1. The lowest BCUT2D eigenvalue weighted by Gasteiger charge is -2.09. The molecule has 0 amide bonds. The van der Waals surface area contributed by atoms with Crippen molar-refractivity contribution < 1.29 is 14.6 Å². The van der Waals surface area contributed by atoms with Gasteiger partial charge in [0.1, 0.15) is 17.2 Å². The van der Waals surface area contributed by atoms with Crippen molar-refractivity contribution in [3.05, 3.63) is 36.0 Å². The van der Waals surface area contributed by atoms with Gasteiger partial charge in [-0.3, -0.25) is 4.98 Å². The van der Waals surface area contributed by atoms with Gasteiger partial charge in [-0.25, -0.2) is 0 Å². The van der Waals surface area contributed by atoms with Crippen LogP contribution in [-0.2, 0) is 6.54 Å². The first-order valence-corrected chi connectivity index (χ1v) is 5.79. The summed E-state index contributed by atoms with van der Waals surface area (Å²) in [6.45, 7) is 0.252. The summed E-state index contributed by atoms with van der Waals surface area (Å²) in [6, 6.07) is 7.24. The minimum absolute atomic E-state index is 0.0983. The van der Waals surface area contributed by atoms with Crippen LogP contribution in [0.25, 0.3) is 11.3 Å². The molecule has 19 heavy (non-hydrogen) atoms. The van der Waals surface area contributed by atoms with Crippen LogP contribution in [0.5, 0.6) is 17.2 Å². The van der Waals surface area contributed by atoms with Crippen LogP contribution in [0.1, 0.15) is 5.56 Å². The summed E-state index contributed by atoms with van der Waals surface area (Å²) in [6.07, 6.45) is 1.39. The molecular weight excluding hydrogens is 244 g/mol. The minimum atomic E-state index is 0.0983. The zero-order chi connectivity index (χ0) is 13.8. The number of aromatic nitrogens is 1. The quantitative estimate of drug-likeness (QED) is 0.878. The molecule has 0 aliphatic heterocycles. The van der Waals surface area contributed by atoms with Gasteiger partial charge in [-0.2, -0.15) is 0 Å². The second-order valence-electron chi connectivity index (χ2n) is 4.00. The fourth-order valence-corrected chi connectivity index (χ4v) is 1.77. The highest BCUT2D eigenvalue weighted by atomic mass is 16.5. The van der Waals surface area contributed by atoms with Crippen LogP contribution < -0.4 is 15.2 Å². The molecule has 0 bridgehead atoms. The molecule has 3 N–H and O–H groups in total. The second-order valence-corrected chi connectivity index (χ2v) is 4.00. The monoisotopic (exact) mass is 260 g/mol. The lowest BCUT2D eigenvalue weighted by atomic mass is 10.1. The summed E-state index contributed by atoms with van der Waals surface area (Å²) in [7, 11) is 3.18. The summed E-state index contributed by atoms with van der Waals surface area (Å²) >= 11 is 0. The van der Waals surface area contributed by atoms with Gasteiger partial charge in [0.2, 0.25) is 0 Å². The van der Waals surface area contributed by atoms with E-state index in [1.165, 1.54) is 6.20 Å². The normalized spacial score (nSPS) is 10.3. The van der Waals surface area contributed by atoms with Crippen LogP contribution >= 0.6 is 0 Å². The lowest BCUT2D eigenvalue weighted by Crippen LogP contribution is -1.98. The zero-order valence-electron chi connectivity index (χ0n) is 10.9. The first kappa shape index (κ1) is 13.2. The summed E-state index contributed by atoms with van der Waals surface area (Å²) in [5, 5.41) is 9.59.